The second-order valence-electron chi connectivity index (χ2n) is 8.85. The van der Waals surface area contributed by atoms with Crippen LogP contribution in [0.5, 0.6) is 0 Å². The SMILES string of the molecule is CCC1CNC2(CCCCC2)CN1C1CCC(C)(C)CC1. The van der Waals surface area contributed by atoms with E-state index in [0.29, 0.717) is 11.0 Å². The number of hydrogen-bond acceptors (Lipinski definition) is 2. The van der Waals surface area contributed by atoms with Crippen molar-refractivity contribution in [2.24, 2.45) is 5.41 Å². The van der Waals surface area contributed by atoms with Crippen LogP contribution in [0.4, 0.5) is 0 Å². The highest BCUT2D eigenvalue weighted by Crippen LogP contribution is 2.40. The van der Waals surface area contributed by atoms with E-state index in [0.717, 1.165) is 12.1 Å². The molecular weight excluding hydrogens is 256 g/mol. The van der Waals surface area contributed by atoms with Crippen LogP contribution in [0, 0.1) is 5.41 Å². The molecule has 3 aliphatic rings. The first-order valence-corrected chi connectivity index (χ1v) is 9.54. The minimum Gasteiger partial charge on any atom is -0.308 e. The van der Waals surface area contributed by atoms with Crippen LogP contribution >= 0.6 is 0 Å². The van der Waals surface area contributed by atoms with Gasteiger partial charge in [-0.05, 0) is 50.4 Å². The normalized spacial score (nSPS) is 34.1. The molecule has 21 heavy (non-hydrogen) atoms. The van der Waals surface area contributed by atoms with Gasteiger partial charge in [-0.1, -0.05) is 40.0 Å². The summed E-state index contributed by atoms with van der Waals surface area (Å²) in [4.78, 5) is 2.94. The molecule has 0 bridgehead atoms. The second kappa shape index (κ2) is 6.20. The molecule has 1 saturated heterocycles. The van der Waals surface area contributed by atoms with Crippen molar-refractivity contribution in [2.45, 2.75) is 103 Å². The summed E-state index contributed by atoms with van der Waals surface area (Å²) in [5, 5.41) is 3.98. The lowest BCUT2D eigenvalue weighted by Gasteiger charge is -2.53. The van der Waals surface area contributed by atoms with Crippen LogP contribution < -0.4 is 5.32 Å². The first-order valence-electron chi connectivity index (χ1n) is 9.54. The summed E-state index contributed by atoms with van der Waals surface area (Å²) in [6.45, 7) is 9.86. The van der Waals surface area contributed by atoms with Gasteiger partial charge < -0.3 is 5.32 Å². The molecule has 0 aromatic carbocycles. The molecule has 2 nitrogen and oxygen atoms in total. The fourth-order valence-corrected chi connectivity index (χ4v) is 5.07. The Kier molecular flexibility index (Phi) is 4.66. The van der Waals surface area contributed by atoms with Gasteiger partial charge in [0.25, 0.3) is 0 Å². The highest BCUT2D eigenvalue weighted by molar-refractivity contribution is 5.01. The molecule has 2 saturated carbocycles. The zero-order chi connectivity index (χ0) is 14.9. The van der Waals surface area contributed by atoms with Gasteiger partial charge in [0.05, 0.1) is 0 Å². The Morgan fingerprint density at radius 2 is 1.67 bits per heavy atom. The lowest BCUT2D eigenvalue weighted by Crippen LogP contribution is -2.66. The van der Waals surface area contributed by atoms with Gasteiger partial charge in [-0.15, -0.1) is 0 Å². The third-order valence-electron chi connectivity index (χ3n) is 6.73. The highest BCUT2D eigenvalue weighted by atomic mass is 15.3. The third kappa shape index (κ3) is 3.47. The van der Waals surface area contributed by atoms with Crippen molar-refractivity contribution in [3.8, 4) is 0 Å². The van der Waals surface area contributed by atoms with E-state index in [1.165, 1.54) is 77.3 Å². The van der Waals surface area contributed by atoms with E-state index >= 15 is 0 Å². The molecule has 0 radical (unpaired) electrons. The summed E-state index contributed by atoms with van der Waals surface area (Å²) in [5.74, 6) is 0. The maximum absolute atomic E-state index is 3.98. The molecule has 0 aromatic heterocycles. The Labute approximate surface area is 132 Å². The standard InChI is InChI=1S/C19H36N2/c1-4-16-14-20-19(10-6-5-7-11-19)15-21(16)17-8-12-18(2,3)13-9-17/h16-17,20H,4-15H2,1-3H3. The van der Waals surface area contributed by atoms with E-state index in [1.807, 2.05) is 0 Å². The zero-order valence-electron chi connectivity index (χ0n) is 14.6. The smallest absolute Gasteiger partial charge is 0.0309 e. The Bertz CT molecular complexity index is 333. The van der Waals surface area contributed by atoms with Gasteiger partial charge in [0.2, 0.25) is 0 Å². The molecule has 2 heteroatoms. The number of hydrogen-bond donors (Lipinski definition) is 1. The summed E-state index contributed by atoms with van der Waals surface area (Å²) in [6, 6.07) is 1.65. The lowest BCUT2D eigenvalue weighted by atomic mass is 9.73. The van der Waals surface area contributed by atoms with E-state index in [4.69, 9.17) is 0 Å². The van der Waals surface area contributed by atoms with Crippen molar-refractivity contribution < 1.29 is 0 Å². The summed E-state index contributed by atoms with van der Waals surface area (Å²) < 4.78 is 0. The third-order valence-corrected chi connectivity index (χ3v) is 6.73. The average molecular weight is 293 g/mol. The molecule has 3 fully saturated rings. The number of piperazine rings is 1. The molecule has 1 heterocycles. The number of nitrogens with one attached hydrogen (secondary N) is 1. The second-order valence-corrected chi connectivity index (χ2v) is 8.85. The lowest BCUT2D eigenvalue weighted by molar-refractivity contribution is -0.00124. The Balaban J connectivity index is 1.68. The largest absolute Gasteiger partial charge is 0.308 e. The van der Waals surface area contributed by atoms with E-state index < -0.39 is 0 Å². The van der Waals surface area contributed by atoms with Gasteiger partial charge in [0.1, 0.15) is 0 Å². The summed E-state index contributed by atoms with van der Waals surface area (Å²) in [7, 11) is 0. The molecule has 2 aliphatic carbocycles. The zero-order valence-corrected chi connectivity index (χ0v) is 14.6. The van der Waals surface area contributed by atoms with Crippen LogP contribution in [0.25, 0.3) is 0 Å². The van der Waals surface area contributed by atoms with Crippen molar-refractivity contribution in [3.63, 3.8) is 0 Å². The topological polar surface area (TPSA) is 15.3 Å². The monoisotopic (exact) mass is 292 g/mol. The molecule has 0 aromatic rings. The van der Waals surface area contributed by atoms with Crippen LogP contribution in [-0.4, -0.2) is 35.6 Å². The van der Waals surface area contributed by atoms with Gasteiger partial charge in [-0.3, -0.25) is 4.90 Å². The predicted molar refractivity (Wildman–Crippen MR) is 90.6 cm³/mol. The van der Waals surface area contributed by atoms with E-state index in [9.17, 15) is 0 Å². The van der Waals surface area contributed by atoms with E-state index in [-0.39, 0.29) is 0 Å². The molecule has 3 rings (SSSR count). The molecule has 1 spiro atoms. The van der Waals surface area contributed by atoms with Crippen LogP contribution in [0.1, 0.15) is 85.0 Å². The maximum atomic E-state index is 3.98. The number of nitrogens with zero attached hydrogens (tertiary/aromatic N) is 1. The van der Waals surface area contributed by atoms with Crippen molar-refractivity contribution in [3.05, 3.63) is 0 Å². The fraction of sp³-hybridized carbons (Fsp3) is 1.00. The van der Waals surface area contributed by atoms with Gasteiger partial charge in [0.15, 0.2) is 0 Å². The quantitative estimate of drug-likeness (QED) is 0.814. The minimum atomic E-state index is 0.469. The molecule has 122 valence electrons. The van der Waals surface area contributed by atoms with Crippen molar-refractivity contribution in [1.82, 2.24) is 10.2 Å². The number of rotatable bonds is 2. The molecular formula is C19H36N2. The predicted octanol–water partition coefficient (Wildman–Crippen LogP) is 4.34. The van der Waals surface area contributed by atoms with Crippen LogP contribution in [0.15, 0.2) is 0 Å². The molecule has 1 N–H and O–H groups in total. The van der Waals surface area contributed by atoms with Gasteiger partial charge in [-0.2, -0.15) is 0 Å². The molecule has 1 aliphatic heterocycles. The first kappa shape index (κ1) is 15.8. The first-order chi connectivity index (χ1) is 10.0. The summed E-state index contributed by atoms with van der Waals surface area (Å²) >= 11 is 0. The minimum absolute atomic E-state index is 0.469. The fourth-order valence-electron chi connectivity index (χ4n) is 5.07. The average Bonchev–Trinajstić information content (AvgIpc) is 2.48. The van der Waals surface area contributed by atoms with Crippen LogP contribution in [0.3, 0.4) is 0 Å². The van der Waals surface area contributed by atoms with Crippen molar-refractivity contribution in [2.75, 3.05) is 13.1 Å². The van der Waals surface area contributed by atoms with Gasteiger partial charge in [0, 0.05) is 30.7 Å². The highest BCUT2D eigenvalue weighted by Gasteiger charge is 2.42. The van der Waals surface area contributed by atoms with Crippen LogP contribution in [-0.2, 0) is 0 Å². The molecule has 1 atom stereocenters. The Morgan fingerprint density at radius 1 is 1.00 bits per heavy atom. The van der Waals surface area contributed by atoms with Crippen LogP contribution in [0.2, 0.25) is 0 Å². The van der Waals surface area contributed by atoms with E-state index in [2.05, 4.69) is 31.0 Å². The van der Waals surface area contributed by atoms with Gasteiger partial charge in [-0.25, -0.2) is 0 Å². The maximum Gasteiger partial charge on any atom is 0.0309 e. The van der Waals surface area contributed by atoms with Crippen molar-refractivity contribution in [1.29, 1.82) is 0 Å². The summed E-state index contributed by atoms with van der Waals surface area (Å²) in [5.41, 5.74) is 1.06. The molecule has 0 amide bonds. The van der Waals surface area contributed by atoms with E-state index in [1.54, 1.807) is 0 Å². The van der Waals surface area contributed by atoms with Crippen molar-refractivity contribution >= 4 is 0 Å². The van der Waals surface area contributed by atoms with Gasteiger partial charge >= 0.3 is 0 Å². The summed E-state index contributed by atoms with van der Waals surface area (Å²) in [6.07, 6.45) is 14.2. The molecule has 1 unspecified atom stereocenters. The Morgan fingerprint density at radius 3 is 2.29 bits per heavy atom. The Hall–Kier alpha value is -0.0800.